The van der Waals surface area contributed by atoms with Gasteiger partial charge in [0.1, 0.15) is 17.3 Å². The molecule has 0 spiro atoms. The van der Waals surface area contributed by atoms with Gasteiger partial charge in [-0.25, -0.2) is 0 Å². The first kappa shape index (κ1) is 19.8. The van der Waals surface area contributed by atoms with Crippen LogP contribution in [0, 0.1) is 0 Å². The van der Waals surface area contributed by atoms with Gasteiger partial charge in [-0.1, -0.05) is 36.4 Å². The van der Waals surface area contributed by atoms with Crippen LogP contribution in [0.2, 0.25) is 0 Å². The number of aliphatic hydroxyl groups is 2. The van der Waals surface area contributed by atoms with Crippen LogP contribution in [0.3, 0.4) is 0 Å². The van der Waals surface area contributed by atoms with Crippen molar-refractivity contribution < 1.29 is 27.5 Å². The average molecular weight is 350 g/mol. The van der Waals surface area contributed by atoms with Crippen LogP contribution >= 0.6 is 0 Å². The molecule has 2 rings (SSSR count). The first-order chi connectivity index (χ1) is 10.8. The van der Waals surface area contributed by atoms with Crippen LogP contribution in [0.5, 0.6) is 0 Å². The molecule has 0 fully saturated rings. The van der Waals surface area contributed by atoms with Crippen LogP contribution < -0.4 is 0 Å². The summed E-state index contributed by atoms with van der Waals surface area (Å²) in [4.78, 5) is 0. The Balaban J connectivity index is 0.000000463. The summed E-state index contributed by atoms with van der Waals surface area (Å²) in [6.07, 6.45) is 0. The molecule has 0 radical (unpaired) electrons. The van der Waals surface area contributed by atoms with Crippen LogP contribution in [-0.4, -0.2) is 42.2 Å². The van der Waals surface area contributed by atoms with Crippen LogP contribution in [-0.2, 0) is 16.6 Å². The molecule has 0 saturated carbocycles. The minimum absolute atomic E-state index is 0.0816. The molecule has 0 amide bonds. The Bertz CT molecular complexity index is 583. The third-order valence-corrected chi connectivity index (χ3v) is 5.21. The molecule has 0 atom stereocenters. The van der Waals surface area contributed by atoms with Gasteiger partial charge in [0.25, 0.3) is 0 Å². The Hall–Kier alpha value is -1.25. The Labute approximate surface area is 135 Å². The summed E-state index contributed by atoms with van der Waals surface area (Å²) in [7, 11) is -5.92. The van der Waals surface area contributed by atoms with Gasteiger partial charge in [0, 0.05) is 5.56 Å². The number of halogens is 4. The van der Waals surface area contributed by atoms with Crippen molar-refractivity contribution in [2.75, 3.05) is 24.7 Å². The molecular weight excluding hydrogens is 331 g/mol. The maximum atomic E-state index is 9.75. The number of fused-ring (bicyclic) bond motifs is 1. The van der Waals surface area contributed by atoms with Gasteiger partial charge in [-0.3, -0.25) is 0 Å². The summed E-state index contributed by atoms with van der Waals surface area (Å²) in [6, 6.07) is 14.8. The van der Waals surface area contributed by atoms with Gasteiger partial charge in [-0.2, -0.15) is 0 Å². The third-order valence-electron chi connectivity index (χ3n) is 2.94. The molecule has 2 aromatic carbocycles. The maximum absolute atomic E-state index is 9.75. The van der Waals surface area contributed by atoms with Crippen molar-refractivity contribution in [2.45, 2.75) is 5.75 Å². The standard InChI is InChI=1S/C15H19O2S.BF4/c16-7-9-18(10-8-17)12-13-5-6-14-3-1-2-4-15(14)11-13;2-1(3,4)5/h1-6,11,16-17H,7-10,12H2;/q+1;-1. The van der Waals surface area contributed by atoms with Crippen molar-refractivity contribution in [2.24, 2.45) is 0 Å². The zero-order valence-corrected chi connectivity index (χ0v) is 13.3. The molecule has 0 aliphatic rings. The van der Waals surface area contributed by atoms with Gasteiger partial charge in [0.2, 0.25) is 0 Å². The Morgan fingerprint density at radius 3 is 1.87 bits per heavy atom. The van der Waals surface area contributed by atoms with Gasteiger partial charge in [-0.05, 0) is 27.7 Å². The summed E-state index contributed by atoms with van der Waals surface area (Å²) in [6.45, 7) is 0.410. The van der Waals surface area contributed by atoms with E-state index in [1.807, 2.05) is 12.1 Å². The molecule has 0 unspecified atom stereocenters. The zero-order chi connectivity index (χ0) is 17.3. The van der Waals surface area contributed by atoms with E-state index in [1.165, 1.54) is 16.3 Å². The second-order valence-corrected chi connectivity index (χ2v) is 7.12. The lowest BCUT2D eigenvalue weighted by Gasteiger charge is -2.07. The minimum Gasteiger partial charge on any atom is -0.418 e. The number of aliphatic hydroxyl groups excluding tert-OH is 2. The molecule has 2 nitrogen and oxygen atoms in total. The molecule has 23 heavy (non-hydrogen) atoms. The highest BCUT2D eigenvalue weighted by Crippen LogP contribution is 2.18. The van der Waals surface area contributed by atoms with E-state index in [1.54, 1.807) is 0 Å². The number of hydrogen-bond acceptors (Lipinski definition) is 2. The summed E-state index contributed by atoms with van der Waals surface area (Å²) in [5, 5.41) is 20.6. The van der Waals surface area contributed by atoms with Gasteiger partial charge < -0.3 is 27.5 Å². The molecule has 0 bridgehead atoms. The Kier molecular flexibility index (Phi) is 8.43. The van der Waals surface area contributed by atoms with Crippen molar-refractivity contribution in [3.8, 4) is 0 Å². The van der Waals surface area contributed by atoms with E-state index in [0.717, 1.165) is 17.3 Å². The zero-order valence-electron chi connectivity index (χ0n) is 12.5. The summed E-state index contributed by atoms with van der Waals surface area (Å²) in [5.41, 5.74) is 1.29. The van der Waals surface area contributed by atoms with Crippen molar-refractivity contribution in [1.29, 1.82) is 0 Å². The van der Waals surface area contributed by atoms with Crippen LogP contribution in [0.1, 0.15) is 5.56 Å². The van der Waals surface area contributed by atoms with Crippen LogP contribution in [0.25, 0.3) is 10.8 Å². The Morgan fingerprint density at radius 1 is 0.826 bits per heavy atom. The SMILES string of the molecule is F[B-](F)(F)F.OCC[S+](CCO)Cc1ccc2ccccc2c1. The fourth-order valence-corrected chi connectivity index (χ4v) is 3.73. The van der Waals surface area contributed by atoms with E-state index < -0.39 is 7.25 Å². The first-order valence-electron chi connectivity index (χ1n) is 7.04. The fraction of sp³-hybridized carbons (Fsp3) is 0.333. The van der Waals surface area contributed by atoms with E-state index in [4.69, 9.17) is 10.2 Å². The molecule has 0 saturated heterocycles. The molecular formula is C15H19BF4O2S. The molecule has 8 heteroatoms. The number of hydrogen-bond donors (Lipinski definition) is 2. The predicted octanol–water partition coefficient (Wildman–Crippen LogP) is 3.24. The topological polar surface area (TPSA) is 40.5 Å². The van der Waals surface area contributed by atoms with Gasteiger partial charge in [-0.15, -0.1) is 0 Å². The summed E-state index contributed by atoms with van der Waals surface area (Å²) < 4.78 is 39.0. The van der Waals surface area contributed by atoms with E-state index in [-0.39, 0.29) is 24.1 Å². The molecule has 2 N–H and O–H groups in total. The predicted molar refractivity (Wildman–Crippen MR) is 89.1 cm³/mol. The highest BCUT2D eigenvalue weighted by molar-refractivity contribution is 7.96. The molecule has 128 valence electrons. The quantitative estimate of drug-likeness (QED) is 0.477. The second-order valence-electron chi connectivity index (χ2n) is 4.79. The van der Waals surface area contributed by atoms with Crippen LogP contribution in [0.4, 0.5) is 17.3 Å². The third kappa shape index (κ3) is 8.83. The lowest BCUT2D eigenvalue weighted by atomic mass is 10.1. The fourth-order valence-electron chi connectivity index (χ4n) is 2.07. The molecule has 0 aliphatic carbocycles. The first-order valence-corrected chi connectivity index (χ1v) is 8.77. The normalized spacial score (nSPS) is 11.4. The monoisotopic (exact) mass is 350 g/mol. The van der Waals surface area contributed by atoms with Gasteiger partial charge in [0.15, 0.2) is 0 Å². The smallest absolute Gasteiger partial charge is 0.418 e. The van der Waals surface area contributed by atoms with Crippen molar-refractivity contribution in [3.05, 3.63) is 48.0 Å². The van der Waals surface area contributed by atoms with Crippen molar-refractivity contribution >= 4 is 28.9 Å². The van der Waals surface area contributed by atoms with Crippen LogP contribution in [0.15, 0.2) is 42.5 Å². The van der Waals surface area contributed by atoms with E-state index in [0.29, 0.717) is 0 Å². The summed E-state index contributed by atoms with van der Waals surface area (Å²) >= 11 is 0. The summed E-state index contributed by atoms with van der Waals surface area (Å²) in [5.74, 6) is 2.52. The Morgan fingerprint density at radius 2 is 1.35 bits per heavy atom. The molecule has 0 aromatic heterocycles. The van der Waals surface area contributed by atoms with Gasteiger partial charge in [0.05, 0.1) is 13.2 Å². The van der Waals surface area contributed by atoms with Crippen molar-refractivity contribution in [1.82, 2.24) is 0 Å². The number of rotatable bonds is 6. The lowest BCUT2D eigenvalue weighted by molar-refractivity contribution is 0.316. The highest BCUT2D eigenvalue weighted by Gasteiger charge is 2.20. The molecule has 0 heterocycles. The minimum atomic E-state index is -6.00. The van der Waals surface area contributed by atoms with E-state index in [9.17, 15) is 17.3 Å². The van der Waals surface area contributed by atoms with E-state index in [2.05, 4.69) is 30.3 Å². The van der Waals surface area contributed by atoms with E-state index >= 15 is 0 Å². The number of benzene rings is 2. The van der Waals surface area contributed by atoms with Gasteiger partial charge >= 0.3 is 7.25 Å². The lowest BCUT2D eigenvalue weighted by Crippen LogP contribution is -2.19. The highest BCUT2D eigenvalue weighted by atomic mass is 32.2. The second kappa shape index (κ2) is 9.80. The molecule has 2 aromatic rings. The largest absolute Gasteiger partial charge is 0.673 e. The molecule has 0 aliphatic heterocycles. The van der Waals surface area contributed by atoms with Crippen molar-refractivity contribution in [3.63, 3.8) is 0 Å². The average Bonchev–Trinajstić information content (AvgIpc) is 2.46. The maximum Gasteiger partial charge on any atom is 0.673 e.